The van der Waals surface area contributed by atoms with E-state index in [1.165, 1.54) is 0 Å². The molecule has 3 unspecified atom stereocenters. The molecule has 0 aromatic rings. The lowest BCUT2D eigenvalue weighted by atomic mass is 10.1. The number of hydrogen-bond acceptors (Lipinski definition) is 3. The van der Waals surface area contributed by atoms with Crippen molar-refractivity contribution in [1.29, 1.82) is 0 Å². The van der Waals surface area contributed by atoms with E-state index in [1.807, 2.05) is 6.92 Å². The van der Waals surface area contributed by atoms with Crippen molar-refractivity contribution in [3.05, 3.63) is 0 Å². The Labute approximate surface area is 112 Å². The van der Waals surface area contributed by atoms with Gasteiger partial charge in [0.15, 0.2) is 0 Å². The van der Waals surface area contributed by atoms with Crippen LogP contribution in [-0.4, -0.2) is 36.0 Å². The molecule has 0 spiro atoms. The van der Waals surface area contributed by atoms with Crippen LogP contribution in [0.5, 0.6) is 0 Å². The summed E-state index contributed by atoms with van der Waals surface area (Å²) in [6, 6.07) is 0. The molecular weight excluding hydrogens is 248 g/mol. The fourth-order valence-corrected chi connectivity index (χ4v) is 1.76. The summed E-state index contributed by atoms with van der Waals surface area (Å²) in [6.07, 6.45) is 1.58. The van der Waals surface area contributed by atoms with Crippen molar-refractivity contribution in [3.8, 4) is 0 Å². The quantitative estimate of drug-likeness (QED) is 0.594. The number of aliphatic carboxylic acids is 1. The Bertz CT molecular complexity index is 357. The second-order valence-electron chi connectivity index (χ2n) is 5.24. The fourth-order valence-electron chi connectivity index (χ4n) is 1.76. The largest absolute Gasteiger partial charge is 0.481 e. The fraction of sp³-hybridized carbons (Fsp3) is 0.769. The highest BCUT2D eigenvalue weighted by Crippen LogP contribution is 2.37. The van der Waals surface area contributed by atoms with E-state index >= 15 is 0 Å². The number of amides is 2. The SMILES string of the molecule is CC(CCNC(=O)CCNC(=O)C1CC1C)C(=O)O. The monoisotopic (exact) mass is 270 g/mol. The van der Waals surface area contributed by atoms with Gasteiger partial charge in [-0.1, -0.05) is 13.8 Å². The van der Waals surface area contributed by atoms with E-state index in [1.54, 1.807) is 6.92 Å². The molecule has 3 atom stereocenters. The van der Waals surface area contributed by atoms with Crippen LogP contribution in [0.2, 0.25) is 0 Å². The molecule has 1 fully saturated rings. The lowest BCUT2D eigenvalue weighted by molar-refractivity contribution is -0.141. The highest BCUT2D eigenvalue weighted by atomic mass is 16.4. The zero-order valence-electron chi connectivity index (χ0n) is 11.4. The van der Waals surface area contributed by atoms with Crippen molar-refractivity contribution in [2.24, 2.45) is 17.8 Å². The summed E-state index contributed by atoms with van der Waals surface area (Å²) in [6.45, 7) is 4.31. The van der Waals surface area contributed by atoms with Crippen LogP contribution in [0, 0.1) is 17.8 Å². The van der Waals surface area contributed by atoms with Crippen molar-refractivity contribution in [1.82, 2.24) is 10.6 Å². The minimum atomic E-state index is -0.861. The van der Waals surface area contributed by atoms with E-state index in [2.05, 4.69) is 10.6 Å². The van der Waals surface area contributed by atoms with Crippen LogP contribution in [0.1, 0.15) is 33.1 Å². The lowest BCUT2D eigenvalue weighted by Gasteiger charge is -2.08. The van der Waals surface area contributed by atoms with E-state index in [0.29, 0.717) is 25.4 Å². The predicted octanol–water partition coefficient (Wildman–Crippen LogP) is 0.376. The second kappa shape index (κ2) is 7.11. The summed E-state index contributed by atoms with van der Waals surface area (Å²) in [7, 11) is 0. The average Bonchev–Trinajstić information content (AvgIpc) is 3.06. The van der Waals surface area contributed by atoms with Gasteiger partial charge >= 0.3 is 5.97 Å². The van der Waals surface area contributed by atoms with Crippen molar-refractivity contribution < 1.29 is 19.5 Å². The first-order valence-electron chi connectivity index (χ1n) is 6.69. The lowest BCUT2D eigenvalue weighted by Crippen LogP contribution is -2.32. The number of carbonyl (C=O) groups excluding carboxylic acids is 2. The molecule has 2 amide bonds. The molecule has 6 heteroatoms. The molecule has 0 aromatic heterocycles. The van der Waals surface area contributed by atoms with E-state index in [4.69, 9.17) is 5.11 Å². The molecule has 1 saturated carbocycles. The van der Waals surface area contributed by atoms with Gasteiger partial charge in [-0.05, 0) is 18.8 Å². The van der Waals surface area contributed by atoms with E-state index < -0.39 is 11.9 Å². The summed E-state index contributed by atoms with van der Waals surface area (Å²) in [5.41, 5.74) is 0. The number of rotatable bonds is 8. The van der Waals surface area contributed by atoms with Crippen molar-refractivity contribution in [3.63, 3.8) is 0 Å². The van der Waals surface area contributed by atoms with E-state index in [9.17, 15) is 14.4 Å². The Hall–Kier alpha value is -1.59. The number of carboxylic acids is 1. The van der Waals surface area contributed by atoms with Gasteiger partial charge in [-0.2, -0.15) is 0 Å². The molecule has 0 saturated heterocycles. The van der Waals surface area contributed by atoms with Crippen molar-refractivity contribution >= 4 is 17.8 Å². The Morgan fingerprint density at radius 1 is 1.26 bits per heavy atom. The second-order valence-corrected chi connectivity index (χ2v) is 5.24. The van der Waals surface area contributed by atoms with Gasteiger partial charge in [-0.15, -0.1) is 0 Å². The maximum absolute atomic E-state index is 11.5. The summed E-state index contributed by atoms with van der Waals surface area (Å²) < 4.78 is 0. The van der Waals surface area contributed by atoms with Gasteiger partial charge in [0.1, 0.15) is 0 Å². The van der Waals surface area contributed by atoms with Gasteiger partial charge in [0.2, 0.25) is 11.8 Å². The first-order chi connectivity index (χ1) is 8.91. The molecule has 108 valence electrons. The van der Waals surface area contributed by atoms with E-state index in [-0.39, 0.29) is 24.2 Å². The third kappa shape index (κ3) is 5.72. The number of carbonyl (C=O) groups is 3. The highest BCUT2D eigenvalue weighted by Gasteiger charge is 2.38. The van der Waals surface area contributed by atoms with Gasteiger partial charge in [0.25, 0.3) is 0 Å². The van der Waals surface area contributed by atoms with Gasteiger partial charge in [0, 0.05) is 25.4 Å². The topological polar surface area (TPSA) is 95.5 Å². The van der Waals surface area contributed by atoms with Crippen LogP contribution in [-0.2, 0) is 14.4 Å². The normalized spacial score (nSPS) is 22.4. The Morgan fingerprint density at radius 2 is 1.89 bits per heavy atom. The first kappa shape index (κ1) is 15.5. The molecular formula is C13H22N2O4. The van der Waals surface area contributed by atoms with Gasteiger partial charge in [-0.25, -0.2) is 0 Å². The molecule has 0 bridgehead atoms. The van der Waals surface area contributed by atoms with Crippen LogP contribution in [0.4, 0.5) is 0 Å². The molecule has 19 heavy (non-hydrogen) atoms. The highest BCUT2D eigenvalue weighted by molar-refractivity contribution is 5.82. The Balaban J connectivity index is 2.02. The number of hydrogen-bond donors (Lipinski definition) is 3. The standard InChI is InChI=1S/C13H22N2O4/c1-8(13(18)19)3-5-14-11(16)4-6-15-12(17)10-7-9(10)2/h8-10H,3-7H2,1-2H3,(H,14,16)(H,15,17)(H,18,19). The Kier molecular flexibility index (Phi) is 5.79. The van der Waals surface area contributed by atoms with Gasteiger partial charge in [0.05, 0.1) is 5.92 Å². The minimum absolute atomic E-state index is 0.0276. The number of carboxylic acid groups (broad SMARTS) is 1. The van der Waals surface area contributed by atoms with Crippen LogP contribution in [0.15, 0.2) is 0 Å². The van der Waals surface area contributed by atoms with Crippen LogP contribution in [0.25, 0.3) is 0 Å². The number of nitrogens with one attached hydrogen (secondary N) is 2. The smallest absolute Gasteiger partial charge is 0.306 e. The molecule has 1 aliphatic rings. The van der Waals surface area contributed by atoms with Gasteiger partial charge < -0.3 is 15.7 Å². The molecule has 6 nitrogen and oxygen atoms in total. The molecule has 3 N–H and O–H groups in total. The van der Waals surface area contributed by atoms with E-state index in [0.717, 1.165) is 6.42 Å². The van der Waals surface area contributed by atoms with Crippen LogP contribution in [0.3, 0.4) is 0 Å². The van der Waals surface area contributed by atoms with Crippen LogP contribution < -0.4 is 10.6 Å². The summed E-state index contributed by atoms with van der Waals surface area (Å²) in [5, 5.41) is 14.0. The third-order valence-electron chi connectivity index (χ3n) is 3.42. The molecule has 0 aromatic carbocycles. The molecule has 0 radical (unpaired) electrons. The maximum Gasteiger partial charge on any atom is 0.306 e. The predicted molar refractivity (Wildman–Crippen MR) is 69.3 cm³/mol. The average molecular weight is 270 g/mol. The zero-order chi connectivity index (χ0) is 14.4. The Morgan fingerprint density at radius 3 is 2.42 bits per heavy atom. The summed E-state index contributed by atoms with van der Waals surface area (Å²) in [5.74, 6) is -0.872. The molecule has 0 aliphatic heterocycles. The summed E-state index contributed by atoms with van der Waals surface area (Å²) >= 11 is 0. The molecule has 0 heterocycles. The summed E-state index contributed by atoms with van der Waals surface area (Å²) in [4.78, 5) is 33.4. The van der Waals surface area contributed by atoms with Crippen molar-refractivity contribution in [2.45, 2.75) is 33.1 Å². The van der Waals surface area contributed by atoms with Crippen LogP contribution >= 0.6 is 0 Å². The minimum Gasteiger partial charge on any atom is -0.481 e. The zero-order valence-corrected chi connectivity index (χ0v) is 11.4. The van der Waals surface area contributed by atoms with Crippen molar-refractivity contribution in [2.75, 3.05) is 13.1 Å². The first-order valence-corrected chi connectivity index (χ1v) is 6.69. The molecule has 1 aliphatic carbocycles. The maximum atomic E-state index is 11.5. The van der Waals surface area contributed by atoms with Gasteiger partial charge in [-0.3, -0.25) is 14.4 Å². The third-order valence-corrected chi connectivity index (χ3v) is 3.42. The molecule has 1 rings (SSSR count).